The SMILES string of the molecule is O=C(COC(=O)[C@@H]1CC(=O)N(Cc2ccco2)C1)Nc1ccc2c(c1)CCC2. The van der Waals surface area contributed by atoms with Gasteiger partial charge in [0.2, 0.25) is 5.91 Å². The molecular formula is C21H22N2O5. The molecule has 2 heterocycles. The van der Waals surface area contributed by atoms with E-state index in [1.807, 2.05) is 18.2 Å². The molecule has 0 unspecified atom stereocenters. The summed E-state index contributed by atoms with van der Waals surface area (Å²) in [6, 6.07) is 9.40. The molecule has 0 bridgehead atoms. The van der Waals surface area contributed by atoms with Gasteiger partial charge < -0.3 is 19.4 Å². The number of likely N-dealkylation sites (tertiary alicyclic amines) is 1. The lowest BCUT2D eigenvalue weighted by Crippen LogP contribution is -2.28. The minimum Gasteiger partial charge on any atom is -0.467 e. The van der Waals surface area contributed by atoms with Crippen LogP contribution in [0, 0.1) is 5.92 Å². The van der Waals surface area contributed by atoms with E-state index >= 15 is 0 Å². The molecule has 2 amide bonds. The number of benzene rings is 1. The van der Waals surface area contributed by atoms with Crippen molar-refractivity contribution in [3.63, 3.8) is 0 Å². The van der Waals surface area contributed by atoms with Crippen LogP contribution in [-0.4, -0.2) is 35.8 Å². The van der Waals surface area contributed by atoms with Gasteiger partial charge in [-0.3, -0.25) is 14.4 Å². The summed E-state index contributed by atoms with van der Waals surface area (Å²) in [5.41, 5.74) is 3.30. The van der Waals surface area contributed by atoms with Crippen molar-refractivity contribution in [2.75, 3.05) is 18.5 Å². The maximum absolute atomic E-state index is 12.2. The highest BCUT2D eigenvalue weighted by molar-refractivity contribution is 5.93. The molecule has 7 nitrogen and oxygen atoms in total. The summed E-state index contributed by atoms with van der Waals surface area (Å²) in [6.45, 7) is 0.234. The number of furan rings is 1. The zero-order valence-corrected chi connectivity index (χ0v) is 15.5. The number of ether oxygens (including phenoxy) is 1. The maximum Gasteiger partial charge on any atom is 0.311 e. The van der Waals surface area contributed by atoms with E-state index in [-0.39, 0.29) is 31.4 Å². The van der Waals surface area contributed by atoms with Gasteiger partial charge in [0.05, 0.1) is 18.7 Å². The molecule has 0 radical (unpaired) electrons. The third kappa shape index (κ3) is 4.08. The summed E-state index contributed by atoms with van der Waals surface area (Å²) < 4.78 is 10.4. The molecule has 146 valence electrons. The van der Waals surface area contributed by atoms with Crippen LogP contribution in [0.4, 0.5) is 5.69 Å². The Morgan fingerprint density at radius 2 is 2.07 bits per heavy atom. The van der Waals surface area contributed by atoms with Gasteiger partial charge in [0.15, 0.2) is 6.61 Å². The molecule has 28 heavy (non-hydrogen) atoms. The van der Waals surface area contributed by atoms with E-state index in [1.165, 1.54) is 11.1 Å². The molecule has 1 saturated heterocycles. The molecule has 1 aromatic heterocycles. The van der Waals surface area contributed by atoms with E-state index in [0.29, 0.717) is 18.0 Å². The summed E-state index contributed by atoms with van der Waals surface area (Å²) in [5.74, 6) is -0.935. The molecule has 1 fully saturated rings. The van der Waals surface area contributed by atoms with Gasteiger partial charge in [-0.25, -0.2) is 0 Å². The smallest absolute Gasteiger partial charge is 0.311 e. The summed E-state index contributed by atoms with van der Waals surface area (Å²) in [4.78, 5) is 38.0. The molecular weight excluding hydrogens is 360 g/mol. The van der Waals surface area contributed by atoms with E-state index in [9.17, 15) is 14.4 Å². The van der Waals surface area contributed by atoms with Crippen molar-refractivity contribution in [1.82, 2.24) is 4.90 Å². The largest absolute Gasteiger partial charge is 0.467 e. The van der Waals surface area contributed by atoms with Crippen LogP contribution in [0.3, 0.4) is 0 Å². The third-order valence-electron chi connectivity index (χ3n) is 5.20. The van der Waals surface area contributed by atoms with Gasteiger partial charge in [0.1, 0.15) is 5.76 Å². The Balaban J connectivity index is 1.25. The molecule has 1 aliphatic carbocycles. The monoisotopic (exact) mass is 382 g/mol. The molecule has 2 aliphatic rings. The first-order valence-corrected chi connectivity index (χ1v) is 9.47. The molecule has 2 aromatic rings. The van der Waals surface area contributed by atoms with Crippen LogP contribution in [-0.2, 0) is 38.5 Å². The average Bonchev–Trinajstić information content (AvgIpc) is 3.42. The molecule has 0 saturated carbocycles. The van der Waals surface area contributed by atoms with E-state index in [1.54, 1.807) is 23.3 Å². The lowest BCUT2D eigenvalue weighted by molar-refractivity contribution is -0.151. The Bertz CT molecular complexity index is 890. The third-order valence-corrected chi connectivity index (χ3v) is 5.20. The number of carbonyl (C=O) groups excluding carboxylic acids is 3. The van der Waals surface area contributed by atoms with Crippen LogP contribution >= 0.6 is 0 Å². The highest BCUT2D eigenvalue weighted by atomic mass is 16.5. The number of amides is 2. The van der Waals surface area contributed by atoms with Crippen molar-refractivity contribution in [3.8, 4) is 0 Å². The van der Waals surface area contributed by atoms with Crippen LogP contribution < -0.4 is 5.32 Å². The summed E-state index contributed by atoms with van der Waals surface area (Å²) >= 11 is 0. The number of rotatable bonds is 6. The van der Waals surface area contributed by atoms with Gasteiger partial charge in [-0.15, -0.1) is 0 Å². The Morgan fingerprint density at radius 3 is 2.89 bits per heavy atom. The molecule has 1 atom stereocenters. The second kappa shape index (κ2) is 7.88. The Labute approximate surface area is 162 Å². The van der Waals surface area contributed by atoms with Gasteiger partial charge in [-0.1, -0.05) is 6.07 Å². The molecule has 4 rings (SSSR count). The normalized spacial score (nSPS) is 18.2. The minimum absolute atomic E-state index is 0.0893. The van der Waals surface area contributed by atoms with Crippen LogP contribution in [0.25, 0.3) is 0 Å². The number of fused-ring (bicyclic) bond motifs is 1. The summed E-state index contributed by atoms with van der Waals surface area (Å²) in [7, 11) is 0. The predicted molar refractivity (Wildman–Crippen MR) is 100 cm³/mol. The first-order valence-electron chi connectivity index (χ1n) is 9.47. The average molecular weight is 382 g/mol. The highest BCUT2D eigenvalue weighted by Gasteiger charge is 2.35. The van der Waals surface area contributed by atoms with Crippen molar-refractivity contribution in [3.05, 3.63) is 53.5 Å². The van der Waals surface area contributed by atoms with Crippen molar-refractivity contribution < 1.29 is 23.5 Å². The minimum atomic E-state index is -0.560. The topological polar surface area (TPSA) is 88.9 Å². The van der Waals surface area contributed by atoms with Crippen molar-refractivity contribution in [2.24, 2.45) is 5.92 Å². The number of nitrogens with zero attached hydrogens (tertiary/aromatic N) is 1. The maximum atomic E-state index is 12.2. The summed E-state index contributed by atoms with van der Waals surface area (Å²) in [6.07, 6.45) is 4.88. The van der Waals surface area contributed by atoms with E-state index in [2.05, 4.69) is 5.32 Å². The number of carbonyl (C=O) groups is 3. The zero-order chi connectivity index (χ0) is 19.5. The highest BCUT2D eigenvalue weighted by Crippen LogP contribution is 2.25. The Morgan fingerprint density at radius 1 is 1.21 bits per heavy atom. The second-order valence-electron chi connectivity index (χ2n) is 7.25. The first kappa shape index (κ1) is 18.3. The van der Waals surface area contributed by atoms with Gasteiger partial charge >= 0.3 is 5.97 Å². The molecule has 0 spiro atoms. The molecule has 7 heteroatoms. The number of hydrogen-bond donors (Lipinski definition) is 1. The zero-order valence-electron chi connectivity index (χ0n) is 15.5. The predicted octanol–water partition coefficient (Wildman–Crippen LogP) is 2.30. The lowest BCUT2D eigenvalue weighted by atomic mass is 10.1. The number of esters is 1. The van der Waals surface area contributed by atoms with E-state index in [4.69, 9.17) is 9.15 Å². The van der Waals surface area contributed by atoms with Gasteiger partial charge in [0, 0.05) is 18.7 Å². The van der Waals surface area contributed by atoms with Crippen LogP contribution in [0.2, 0.25) is 0 Å². The Hall–Kier alpha value is -3.09. The fourth-order valence-electron chi connectivity index (χ4n) is 3.77. The fourth-order valence-corrected chi connectivity index (χ4v) is 3.77. The van der Waals surface area contributed by atoms with Gasteiger partial charge in [0.25, 0.3) is 5.91 Å². The quantitative estimate of drug-likeness (QED) is 0.775. The van der Waals surface area contributed by atoms with Crippen LogP contribution in [0.15, 0.2) is 41.0 Å². The van der Waals surface area contributed by atoms with Crippen molar-refractivity contribution in [1.29, 1.82) is 0 Å². The number of hydrogen-bond acceptors (Lipinski definition) is 5. The van der Waals surface area contributed by atoms with Crippen LogP contribution in [0.1, 0.15) is 29.7 Å². The Kier molecular flexibility index (Phi) is 5.14. The number of nitrogens with one attached hydrogen (secondary N) is 1. The van der Waals surface area contributed by atoms with E-state index in [0.717, 1.165) is 19.3 Å². The molecule has 1 N–H and O–H groups in total. The second-order valence-corrected chi connectivity index (χ2v) is 7.25. The summed E-state index contributed by atoms with van der Waals surface area (Å²) in [5, 5.41) is 2.76. The van der Waals surface area contributed by atoms with Crippen LogP contribution in [0.5, 0.6) is 0 Å². The van der Waals surface area contributed by atoms with E-state index < -0.39 is 11.9 Å². The van der Waals surface area contributed by atoms with Crippen molar-refractivity contribution >= 4 is 23.5 Å². The standard InChI is InChI=1S/C21H22N2O5/c24-19(22-17-7-6-14-3-1-4-15(14)9-17)13-28-21(26)16-10-20(25)23(11-16)12-18-5-2-8-27-18/h2,5-9,16H,1,3-4,10-13H2,(H,22,24)/t16-/m1/s1. The molecule has 1 aromatic carbocycles. The number of anilines is 1. The first-order chi connectivity index (χ1) is 13.6. The lowest BCUT2D eigenvalue weighted by Gasteiger charge is -2.14. The molecule has 1 aliphatic heterocycles. The van der Waals surface area contributed by atoms with Gasteiger partial charge in [-0.2, -0.15) is 0 Å². The van der Waals surface area contributed by atoms with Crippen molar-refractivity contribution in [2.45, 2.75) is 32.2 Å². The van der Waals surface area contributed by atoms with Gasteiger partial charge in [-0.05, 0) is 54.7 Å². The number of aryl methyl sites for hydroxylation is 2. The fraction of sp³-hybridized carbons (Fsp3) is 0.381.